The Labute approximate surface area is 200 Å². The zero-order valence-electron chi connectivity index (χ0n) is 19.0. The molecule has 1 unspecified atom stereocenters. The second-order valence-corrected chi connectivity index (χ2v) is 10.2. The molecule has 0 aliphatic rings. The highest BCUT2D eigenvalue weighted by atomic mass is 35.5. The molecule has 0 spiro atoms. The Morgan fingerprint density at radius 1 is 1.15 bits per heavy atom. The maximum absolute atomic E-state index is 13.7. The molecule has 0 bridgehead atoms. The largest absolute Gasteiger partial charge is 0.497 e. The summed E-state index contributed by atoms with van der Waals surface area (Å²) in [6.07, 6.45) is 0.887. The summed E-state index contributed by atoms with van der Waals surface area (Å²) in [6.45, 7) is 4.09. The van der Waals surface area contributed by atoms with Crippen LogP contribution in [0.1, 0.15) is 32.3 Å². The lowest BCUT2D eigenvalue weighted by atomic mass is 10.0. The number of benzene rings is 2. The van der Waals surface area contributed by atoms with Crippen molar-refractivity contribution >= 4 is 27.5 Å². The molecule has 0 aliphatic carbocycles. The Hall–Kier alpha value is -2.33. The summed E-state index contributed by atoms with van der Waals surface area (Å²) in [4.78, 5) is 12.6. The first-order valence-corrected chi connectivity index (χ1v) is 12.6. The number of hydrogen-bond acceptors (Lipinski definition) is 6. The second kappa shape index (κ2) is 12.8. The van der Waals surface area contributed by atoms with Crippen molar-refractivity contribution in [3.05, 3.63) is 54.1 Å². The predicted molar refractivity (Wildman–Crippen MR) is 126 cm³/mol. The van der Waals surface area contributed by atoms with Crippen molar-refractivity contribution in [3.8, 4) is 11.5 Å². The smallest absolute Gasteiger partial charge is 0.261 e. The molecule has 0 aromatic heterocycles. The Morgan fingerprint density at radius 2 is 1.85 bits per heavy atom. The standard InChI is InChI=1S/C23H31ClN2O6S/c1-17(2)14-22(23(27)25-28)26(16-18-6-4-7-20(15-18)31-3)33(29,30)21-10-8-19(9-11-21)32-13-5-12-24/h4,6-11,15,17,22,28H,5,12-14,16H2,1-3H3,(H,25,27). The third-order valence-electron chi connectivity index (χ3n) is 4.90. The van der Waals surface area contributed by atoms with Gasteiger partial charge in [0.1, 0.15) is 17.5 Å². The Balaban J connectivity index is 2.46. The molecule has 0 aliphatic heterocycles. The Kier molecular flexibility index (Phi) is 10.4. The van der Waals surface area contributed by atoms with E-state index in [9.17, 15) is 18.4 Å². The maximum Gasteiger partial charge on any atom is 0.261 e. The summed E-state index contributed by atoms with van der Waals surface area (Å²) in [7, 11) is -2.60. The molecule has 8 nitrogen and oxygen atoms in total. The summed E-state index contributed by atoms with van der Waals surface area (Å²) in [5, 5.41) is 9.32. The van der Waals surface area contributed by atoms with E-state index in [1.807, 2.05) is 13.8 Å². The van der Waals surface area contributed by atoms with Crippen LogP contribution in [0.2, 0.25) is 0 Å². The Morgan fingerprint density at radius 3 is 2.42 bits per heavy atom. The fourth-order valence-electron chi connectivity index (χ4n) is 3.28. The molecule has 2 aromatic rings. The van der Waals surface area contributed by atoms with Gasteiger partial charge in [-0.15, -0.1) is 11.6 Å². The summed E-state index contributed by atoms with van der Waals surface area (Å²) in [5.74, 6) is 0.750. The number of hydroxylamine groups is 1. The molecule has 2 rings (SSSR count). The zero-order valence-corrected chi connectivity index (χ0v) is 20.6. The van der Waals surface area contributed by atoms with Gasteiger partial charge in [-0.1, -0.05) is 26.0 Å². The van der Waals surface area contributed by atoms with Crippen LogP contribution in [0.15, 0.2) is 53.4 Å². The number of ether oxygens (including phenoxy) is 2. The molecule has 182 valence electrons. The summed E-state index contributed by atoms with van der Waals surface area (Å²) >= 11 is 5.65. The summed E-state index contributed by atoms with van der Waals surface area (Å²) in [6, 6.07) is 11.8. The lowest BCUT2D eigenvalue weighted by Gasteiger charge is -2.30. The Bertz CT molecular complexity index is 998. The SMILES string of the molecule is COc1cccc(CN(C(CC(C)C)C(=O)NO)S(=O)(=O)c2ccc(OCCCCl)cc2)c1. The van der Waals surface area contributed by atoms with Crippen molar-refractivity contribution in [1.29, 1.82) is 0 Å². The number of nitrogens with zero attached hydrogens (tertiary/aromatic N) is 1. The second-order valence-electron chi connectivity index (χ2n) is 7.89. The van der Waals surface area contributed by atoms with Crippen molar-refractivity contribution < 1.29 is 27.9 Å². The number of rotatable bonds is 13. The van der Waals surface area contributed by atoms with E-state index in [-0.39, 0.29) is 23.8 Å². The van der Waals surface area contributed by atoms with E-state index in [4.69, 9.17) is 21.1 Å². The van der Waals surface area contributed by atoms with Crippen LogP contribution in [-0.2, 0) is 21.4 Å². The molecule has 2 aromatic carbocycles. The van der Waals surface area contributed by atoms with Gasteiger partial charge in [-0.2, -0.15) is 4.31 Å². The van der Waals surface area contributed by atoms with Crippen molar-refractivity contribution in [3.63, 3.8) is 0 Å². The van der Waals surface area contributed by atoms with Gasteiger partial charge in [-0.05, 0) is 60.7 Å². The first-order chi connectivity index (χ1) is 15.7. The van der Waals surface area contributed by atoms with Gasteiger partial charge in [0.15, 0.2) is 0 Å². The first-order valence-electron chi connectivity index (χ1n) is 10.6. The number of methoxy groups -OCH3 is 1. The minimum atomic E-state index is -4.12. The van der Waals surface area contributed by atoms with Crippen LogP contribution >= 0.6 is 11.6 Å². The van der Waals surface area contributed by atoms with Gasteiger partial charge >= 0.3 is 0 Å². The minimum absolute atomic E-state index is 0.00646. The molecule has 0 radical (unpaired) electrons. The zero-order chi connectivity index (χ0) is 24.4. The van der Waals surface area contributed by atoms with Gasteiger partial charge in [0.25, 0.3) is 5.91 Å². The normalized spacial score (nSPS) is 12.6. The van der Waals surface area contributed by atoms with E-state index >= 15 is 0 Å². The third kappa shape index (κ3) is 7.60. The van der Waals surface area contributed by atoms with E-state index in [2.05, 4.69) is 0 Å². The molecular formula is C23H31ClN2O6S. The number of carbonyl (C=O) groups excluding carboxylic acids is 1. The fraction of sp³-hybridized carbons (Fsp3) is 0.435. The molecule has 0 saturated carbocycles. The van der Waals surface area contributed by atoms with E-state index in [0.29, 0.717) is 36.0 Å². The average molecular weight is 499 g/mol. The van der Waals surface area contributed by atoms with Gasteiger partial charge in [-0.3, -0.25) is 10.0 Å². The maximum atomic E-state index is 13.7. The van der Waals surface area contributed by atoms with E-state index in [0.717, 1.165) is 4.31 Å². The van der Waals surface area contributed by atoms with Crippen molar-refractivity contribution in [2.45, 2.75) is 44.2 Å². The van der Waals surface area contributed by atoms with Gasteiger partial charge in [0.2, 0.25) is 10.0 Å². The fourth-order valence-corrected chi connectivity index (χ4v) is 4.97. The van der Waals surface area contributed by atoms with Gasteiger partial charge in [0.05, 0.1) is 18.6 Å². The van der Waals surface area contributed by atoms with E-state index in [1.165, 1.54) is 19.2 Å². The van der Waals surface area contributed by atoms with Crippen LogP contribution in [0.25, 0.3) is 0 Å². The number of hydrogen-bond donors (Lipinski definition) is 2. The quantitative estimate of drug-likeness (QED) is 0.188. The van der Waals surface area contributed by atoms with Gasteiger partial charge in [0, 0.05) is 12.4 Å². The molecule has 1 atom stereocenters. The van der Waals surface area contributed by atoms with Crippen LogP contribution in [0.5, 0.6) is 11.5 Å². The van der Waals surface area contributed by atoms with Crippen LogP contribution < -0.4 is 15.0 Å². The highest BCUT2D eigenvalue weighted by Gasteiger charge is 2.36. The minimum Gasteiger partial charge on any atom is -0.497 e. The monoisotopic (exact) mass is 498 g/mol. The highest BCUT2D eigenvalue weighted by Crippen LogP contribution is 2.27. The lowest BCUT2D eigenvalue weighted by molar-refractivity contribution is -0.133. The van der Waals surface area contributed by atoms with Crippen LogP contribution in [0, 0.1) is 5.92 Å². The number of nitrogens with one attached hydrogen (secondary N) is 1. The molecule has 0 fully saturated rings. The number of halogens is 1. The van der Waals surface area contributed by atoms with Crippen molar-refractivity contribution in [1.82, 2.24) is 9.79 Å². The van der Waals surface area contributed by atoms with Gasteiger partial charge in [-0.25, -0.2) is 13.9 Å². The number of amides is 1. The first kappa shape index (κ1) is 26.9. The van der Waals surface area contributed by atoms with E-state index < -0.39 is 22.0 Å². The average Bonchev–Trinajstić information content (AvgIpc) is 2.81. The van der Waals surface area contributed by atoms with Crippen LogP contribution in [0.3, 0.4) is 0 Å². The molecule has 0 heterocycles. The van der Waals surface area contributed by atoms with Gasteiger partial charge < -0.3 is 9.47 Å². The van der Waals surface area contributed by atoms with E-state index in [1.54, 1.807) is 41.9 Å². The lowest BCUT2D eigenvalue weighted by Crippen LogP contribution is -2.49. The van der Waals surface area contributed by atoms with Crippen LogP contribution in [0.4, 0.5) is 0 Å². The summed E-state index contributed by atoms with van der Waals surface area (Å²) in [5.41, 5.74) is 2.26. The third-order valence-corrected chi connectivity index (χ3v) is 7.04. The summed E-state index contributed by atoms with van der Waals surface area (Å²) < 4.78 is 39.3. The van der Waals surface area contributed by atoms with Crippen LogP contribution in [-0.4, -0.2) is 49.5 Å². The molecule has 33 heavy (non-hydrogen) atoms. The number of alkyl halides is 1. The number of sulfonamides is 1. The molecule has 2 N–H and O–H groups in total. The number of carbonyl (C=O) groups is 1. The highest BCUT2D eigenvalue weighted by molar-refractivity contribution is 7.89. The molecule has 1 amide bonds. The van der Waals surface area contributed by atoms with Crippen molar-refractivity contribution in [2.24, 2.45) is 5.92 Å². The molecule has 0 saturated heterocycles. The molecule has 10 heteroatoms. The van der Waals surface area contributed by atoms with Crippen molar-refractivity contribution in [2.75, 3.05) is 19.6 Å². The molecular weight excluding hydrogens is 468 g/mol. The predicted octanol–water partition coefficient (Wildman–Crippen LogP) is 3.81. The topological polar surface area (TPSA) is 105 Å².